The van der Waals surface area contributed by atoms with Gasteiger partial charge in [-0.3, -0.25) is 0 Å². The average molecular weight is 757 g/mol. The van der Waals surface area contributed by atoms with Gasteiger partial charge in [-0.15, -0.1) is 21.9 Å². The minimum absolute atomic E-state index is 0.0399. The summed E-state index contributed by atoms with van der Waals surface area (Å²) in [7, 11) is 18.6. The summed E-state index contributed by atoms with van der Waals surface area (Å²) in [5.41, 5.74) is 25.9. The highest BCUT2D eigenvalue weighted by atomic mass is 16.3. The van der Waals surface area contributed by atoms with E-state index < -0.39 is 0 Å². The van der Waals surface area contributed by atoms with E-state index in [9.17, 15) is 0 Å². The van der Waals surface area contributed by atoms with Gasteiger partial charge < -0.3 is 4.42 Å². The van der Waals surface area contributed by atoms with Crippen LogP contribution in [0.2, 0.25) is 0 Å². The number of hydrogen-bond donors (Lipinski definition) is 0. The molecule has 0 saturated heterocycles. The first-order valence-corrected chi connectivity index (χ1v) is 21.5. The van der Waals surface area contributed by atoms with Gasteiger partial charge in [0.25, 0.3) is 0 Å². The SMILES string of the molecule is Bc1c(B)c(B)c2c(-c3ccc4oc5cc6ccccc6cc5c4c3)c3c(B)c(B)c(B)c(B)c3c(-c3ccc(-c4ccc5c(c4)C(C)(C)c4ccccc4-5)cc3)c2c1B. The smallest absolute Gasteiger partial charge is 0.139 e. The fourth-order valence-corrected chi connectivity index (χ4v) is 11.0. The molecule has 0 aliphatic heterocycles. The van der Waals surface area contributed by atoms with E-state index in [1.54, 1.807) is 0 Å². The first kappa shape index (κ1) is 37.1. The zero-order valence-electron chi connectivity index (χ0n) is 36.5. The summed E-state index contributed by atoms with van der Waals surface area (Å²) in [6, 6.07) is 45.5. The molecule has 0 amide bonds. The van der Waals surface area contributed by atoms with Crippen LogP contribution in [-0.2, 0) is 5.41 Å². The molecule has 1 aliphatic rings. The van der Waals surface area contributed by atoms with Crippen molar-refractivity contribution >= 4 is 161 Å². The quantitative estimate of drug-likeness (QED) is 0.189. The lowest BCUT2D eigenvalue weighted by molar-refractivity contribution is 0.660. The van der Waals surface area contributed by atoms with Crippen molar-refractivity contribution < 1.29 is 4.42 Å². The van der Waals surface area contributed by atoms with Crippen LogP contribution in [0, 0.1) is 0 Å². The second kappa shape index (κ2) is 13.0. The van der Waals surface area contributed by atoms with E-state index in [0.29, 0.717) is 0 Å². The van der Waals surface area contributed by atoms with Crippen LogP contribution in [0.4, 0.5) is 0 Å². The molecule has 9 aromatic carbocycles. The van der Waals surface area contributed by atoms with Crippen molar-refractivity contribution in [1.82, 2.24) is 0 Å². The zero-order valence-corrected chi connectivity index (χ0v) is 36.5. The Balaban J connectivity index is 1.19. The molecular weight excluding hydrogens is 715 g/mol. The van der Waals surface area contributed by atoms with Crippen molar-refractivity contribution in [3.63, 3.8) is 0 Å². The van der Waals surface area contributed by atoms with E-state index in [2.05, 4.69) is 198 Å². The van der Waals surface area contributed by atoms with Crippen molar-refractivity contribution in [2.75, 3.05) is 0 Å². The molecule has 60 heavy (non-hydrogen) atoms. The van der Waals surface area contributed by atoms with E-state index in [-0.39, 0.29) is 5.41 Å². The van der Waals surface area contributed by atoms with Crippen LogP contribution in [0.15, 0.2) is 126 Å². The number of rotatable bonds is 3. The minimum atomic E-state index is -0.0399. The maximum atomic E-state index is 6.55. The summed E-state index contributed by atoms with van der Waals surface area (Å²) < 4.78 is 6.55. The Labute approximate surface area is 359 Å². The van der Waals surface area contributed by atoms with Gasteiger partial charge in [0.05, 0.1) is 0 Å². The molecule has 1 nitrogen and oxygen atoms in total. The Morgan fingerprint density at radius 1 is 0.367 bits per heavy atom. The normalized spacial score (nSPS) is 13.2. The fourth-order valence-electron chi connectivity index (χ4n) is 11.0. The maximum Gasteiger partial charge on any atom is 0.139 e. The molecule has 1 heterocycles. The molecule has 0 bridgehead atoms. The second-order valence-electron chi connectivity index (χ2n) is 18.3. The van der Waals surface area contributed by atoms with Crippen molar-refractivity contribution in [1.29, 1.82) is 0 Å². The third-order valence-electron chi connectivity index (χ3n) is 15.1. The van der Waals surface area contributed by atoms with Crippen molar-refractivity contribution in [3.8, 4) is 44.5 Å². The van der Waals surface area contributed by atoms with E-state index in [1.165, 1.54) is 132 Å². The molecule has 1 aliphatic carbocycles. The third-order valence-corrected chi connectivity index (χ3v) is 15.1. The highest BCUT2D eigenvalue weighted by molar-refractivity contribution is 6.71. The third kappa shape index (κ3) is 5.05. The van der Waals surface area contributed by atoms with Gasteiger partial charge in [-0.25, -0.2) is 0 Å². The standard InChI is InChI=1S/C51H42B8O/c1-51(2)33-10-6-5-9-29(33)30-17-15-27(21-34(30)51)23-11-13-24(14-12-23)37-39-41(45(54)49(58)47(56)43(39)52)38(42-40(37)44(53)48(57)50(59)46(42)55)28-16-18-35-31(20-28)32-19-25-7-3-4-8-26(25)22-36(32)60-35/h3-22H,52-59H2,1-2H3. The van der Waals surface area contributed by atoms with Gasteiger partial charge in [0.15, 0.2) is 0 Å². The summed E-state index contributed by atoms with van der Waals surface area (Å²) >= 11 is 0. The number of hydrogen-bond acceptors (Lipinski definition) is 1. The molecular formula is C51H42B8O. The van der Waals surface area contributed by atoms with Gasteiger partial charge in [-0.1, -0.05) is 127 Å². The van der Waals surface area contributed by atoms with Gasteiger partial charge in [0.2, 0.25) is 0 Å². The van der Waals surface area contributed by atoms with Gasteiger partial charge >= 0.3 is 0 Å². The summed E-state index contributed by atoms with van der Waals surface area (Å²) in [6.07, 6.45) is 0. The predicted molar refractivity (Wildman–Crippen MR) is 286 cm³/mol. The van der Waals surface area contributed by atoms with Crippen LogP contribution in [0.1, 0.15) is 25.0 Å². The highest BCUT2D eigenvalue weighted by Gasteiger charge is 2.35. The topological polar surface area (TPSA) is 13.1 Å². The van der Waals surface area contributed by atoms with Gasteiger partial charge in [-0.2, -0.15) is 0 Å². The van der Waals surface area contributed by atoms with E-state index in [1.807, 2.05) is 0 Å². The zero-order chi connectivity index (χ0) is 41.5. The summed E-state index contributed by atoms with van der Waals surface area (Å²) in [4.78, 5) is 0. The molecule has 276 valence electrons. The van der Waals surface area contributed by atoms with E-state index in [4.69, 9.17) is 4.42 Å². The molecule has 1 aromatic heterocycles. The monoisotopic (exact) mass is 758 g/mol. The summed E-state index contributed by atoms with van der Waals surface area (Å²) in [6.45, 7) is 4.73. The average Bonchev–Trinajstić information content (AvgIpc) is 3.74. The number of furan rings is 1. The van der Waals surface area contributed by atoms with Crippen LogP contribution in [0.25, 0.3) is 98.8 Å². The van der Waals surface area contributed by atoms with Crippen molar-refractivity contribution in [2.45, 2.75) is 19.3 Å². The lowest BCUT2D eigenvalue weighted by Gasteiger charge is -2.28. The maximum absolute atomic E-state index is 6.55. The number of fused-ring (bicyclic) bond motifs is 9. The molecule has 0 N–H and O–H groups in total. The molecule has 0 atom stereocenters. The van der Waals surface area contributed by atoms with Crippen LogP contribution in [0.5, 0.6) is 0 Å². The molecule has 10 aromatic rings. The Morgan fingerprint density at radius 3 is 1.45 bits per heavy atom. The summed E-state index contributed by atoms with van der Waals surface area (Å²) in [5.74, 6) is 0. The van der Waals surface area contributed by atoms with Crippen LogP contribution < -0.4 is 43.7 Å². The van der Waals surface area contributed by atoms with Crippen molar-refractivity contribution in [3.05, 3.63) is 132 Å². The first-order valence-electron chi connectivity index (χ1n) is 21.5. The van der Waals surface area contributed by atoms with E-state index >= 15 is 0 Å². The molecule has 11 rings (SSSR count). The van der Waals surface area contributed by atoms with Crippen molar-refractivity contribution in [2.24, 2.45) is 0 Å². The second-order valence-corrected chi connectivity index (χ2v) is 18.3. The Hall–Kier alpha value is -5.92. The molecule has 0 radical (unpaired) electrons. The molecule has 0 unspecified atom stereocenters. The van der Waals surface area contributed by atoms with Crippen LogP contribution in [0.3, 0.4) is 0 Å². The van der Waals surface area contributed by atoms with Gasteiger partial charge in [0, 0.05) is 16.2 Å². The Morgan fingerprint density at radius 2 is 0.833 bits per heavy atom. The van der Waals surface area contributed by atoms with Crippen LogP contribution >= 0.6 is 0 Å². The lowest BCUT2D eigenvalue weighted by Crippen LogP contribution is -2.50. The molecule has 0 fully saturated rings. The van der Waals surface area contributed by atoms with Gasteiger partial charge in [0.1, 0.15) is 73.9 Å². The number of benzene rings is 9. The molecule has 9 heteroatoms. The summed E-state index contributed by atoms with van der Waals surface area (Å²) in [5, 5.41) is 10.2. The predicted octanol–water partition coefficient (Wildman–Crippen LogP) is 0.420. The Bertz CT molecular complexity index is 3470. The fraction of sp³-hybridized carbons (Fsp3) is 0.0588. The van der Waals surface area contributed by atoms with Gasteiger partial charge in [-0.05, 0) is 118 Å². The first-order chi connectivity index (χ1) is 28.8. The highest BCUT2D eigenvalue weighted by Crippen LogP contribution is 2.50. The molecule has 0 saturated carbocycles. The lowest BCUT2D eigenvalue weighted by atomic mass is 9.59. The Kier molecular flexibility index (Phi) is 8.06. The minimum Gasteiger partial charge on any atom is -0.456 e. The van der Waals surface area contributed by atoms with Crippen LogP contribution in [-0.4, -0.2) is 62.8 Å². The molecule has 0 spiro atoms. The van der Waals surface area contributed by atoms with E-state index in [0.717, 1.165) is 21.9 Å². The largest absolute Gasteiger partial charge is 0.456 e.